The van der Waals surface area contributed by atoms with E-state index in [1.807, 2.05) is 59.3 Å². The quantitative estimate of drug-likeness (QED) is 0.347. The predicted octanol–water partition coefficient (Wildman–Crippen LogP) is 3.39. The molecule has 0 radical (unpaired) electrons. The normalized spacial score (nSPS) is 10.9. The van der Waals surface area contributed by atoms with E-state index in [0.29, 0.717) is 23.5 Å². The number of hydrogen-bond donors (Lipinski definition) is 3. The number of nitrogens with one attached hydrogen (secondary N) is 1. The van der Waals surface area contributed by atoms with Crippen LogP contribution in [0.3, 0.4) is 0 Å². The van der Waals surface area contributed by atoms with Crippen molar-refractivity contribution in [1.82, 2.24) is 14.8 Å². The second kappa shape index (κ2) is 7.55. The largest absolute Gasteiger partial charge is 0.481 e. The van der Waals surface area contributed by atoms with Crippen LogP contribution in [-0.2, 0) is 11.2 Å². The number of para-hydroxylation sites is 1. The van der Waals surface area contributed by atoms with Crippen molar-refractivity contribution in [2.75, 3.05) is 0 Å². The molecule has 144 valence electrons. The summed E-state index contributed by atoms with van der Waals surface area (Å²) < 4.78 is 1.93. The number of fused-ring (bicyclic) bond motifs is 1. The van der Waals surface area contributed by atoms with Crippen LogP contribution in [0.15, 0.2) is 66.9 Å². The van der Waals surface area contributed by atoms with Crippen LogP contribution in [0, 0.1) is 5.41 Å². The van der Waals surface area contributed by atoms with Gasteiger partial charge in [-0.3, -0.25) is 14.8 Å². The number of carboxylic acids is 1. The zero-order chi connectivity index (χ0) is 20.4. The molecule has 0 saturated heterocycles. The van der Waals surface area contributed by atoms with Crippen molar-refractivity contribution in [3.63, 3.8) is 0 Å². The summed E-state index contributed by atoms with van der Waals surface area (Å²) in [6, 6.07) is 18.9. The summed E-state index contributed by atoms with van der Waals surface area (Å²) in [6.07, 6.45) is 2.46. The molecule has 7 heteroatoms. The minimum absolute atomic E-state index is 0.0242. The summed E-state index contributed by atoms with van der Waals surface area (Å²) in [5, 5.41) is 26.2. The predicted molar refractivity (Wildman–Crippen MR) is 111 cm³/mol. The highest BCUT2D eigenvalue weighted by atomic mass is 16.4. The fourth-order valence-corrected chi connectivity index (χ4v) is 3.31. The molecule has 2 heterocycles. The highest BCUT2D eigenvalue weighted by molar-refractivity contribution is 5.95. The maximum Gasteiger partial charge on any atom is 0.303 e. The number of amidine groups is 1. The van der Waals surface area contributed by atoms with Gasteiger partial charge in [0.2, 0.25) is 0 Å². The molecule has 0 atom stereocenters. The van der Waals surface area contributed by atoms with Crippen molar-refractivity contribution in [1.29, 1.82) is 5.41 Å². The molecule has 0 aliphatic heterocycles. The highest BCUT2D eigenvalue weighted by Crippen LogP contribution is 2.26. The molecular formula is C22H19N5O2. The van der Waals surface area contributed by atoms with Crippen LogP contribution in [0.5, 0.6) is 0 Å². The standard InChI is InChI=1S/C22H19N5O2/c23-22(24)15-7-5-14(6-8-15)18-10-11-20(26-25-18)27-13-16(9-12-21(28)29)17-3-1-2-4-19(17)27/h1-8,10-11,13H,9,12H2,(H3,23,24)(H,28,29). The maximum absolute atomic E-state index is 11.0. The Hall–Kier alpha value is -4.00. The summed E-state index contributed by atoms with van der Waals surface area (Å²) in [6.45, 7) is 0. The molecule has 0 unspecified atom stereocenters. The minimum atomic E-state index is -0.818. The Kier molecular flexibility index (Phi) is 4.78. The SMILES string of the molecule is N=C(N)c1ccc(-c2ccc(-n3cc(CCC(=O)O)c4ccccc43)nn2)cc1. The van der Waals surface area contributed by atoms with Crippen LogP contribution < -0.4 is 5.73 Å². The topological polar surface area (TPSA) is 118 Å². The Balaban J connectivity index is 1.68. The van der Waals surface area contributed by atoms with Crippen LogP contribution in [0.1, 0.15) is 17.5 Å². The molecule has 0 bridgehead atoms. The number of aryl methyl sites for hydroxylation is 1. The first kappa shape index (κ1) is 18.4. The molecule has 4 N–H and O–H groups in total. The summed E-state index contributed by atoms with van der Waals surface area (Å²) >= 11 is 0. The molecule has 0 amide bonds. The van der Waals surface area contributed by atoms with Gasteiger partial charge >= 0.3 is 5.97 Å². The Morgan fingerprint density at radius 3 is 2.45 bits per heavy atom. The lowest BCUT2D eigenvalue weighted by Gasteiger charge is -2.06. The molecule has 2 aromatic carbocycles. The van der Waals surface area contributed by atoms with E-state index in [-0.39, 0.29) is 12.3 Å². The lowest BCUT2D eigenvalue weighted by atomic mass is 10.1. The zero-order valence-corrected chi connectivity index (χ0v) is 15.5. The first-order valence-corrected chi connectivity index (χ1v) is 9.12. The van der Waals surface area contributed by atoms with Gasteiger partial charge in [0.1, 0.15) is 5.84 Å². The first-order chi connectivity index (χ1) is 14.0. The van der Waals surface area contributed by atoms with E-state index in [0.717, 1.165) is 22.0 Å². The van der Waals surface area contributed by atoms with Crippen LogP contribution in [0.4, 0.5) is 0 Å². The average molecular weight is 385 g/mol. The van der Waals surface area contributed by atoms with Gasteiger partial charge < -0.3 is 10.8 Å². The van der Waals surface area contributed by atoms with Gasteiger partial charge in [-0.15, -0.1) is 10.2 Å². The first-order valence-electron chi connectivity index (χ1n) is 9.12. The molecule has 0 spiro atoms. The number of hydrogen-bond acceptors (Lipinski definition) is 4. The summed E-state index contributed by atoms with van der Waals surface area (Å²) in [5.74, 6) is -0.134. The summed E-state index contributed by atoms with van der Waals surface area (Å²) in [4.78, 5) is 11.0. The van der Waals surface area contributed by atoms with E-state index in [1.165, 1.54) is 0 Å². The fourth-order valence-electron chi connectivity index (χ4n) is 3.31. The van der Waals surface area contributed by atoms with Gasteiger partial charge in [-0.1, -0.05) is 42.5 Å². The third-order valence-electron chi connectivity index (χ3n) is 4.79. The number of carbonyl (C=O) groups is 1. The molecule has 7 nitrogen and oxygen atoms in total. The van der Waals surface area contributed by atoms with Crippen LogP contribution in [0.2, 0.25) is 0 Å². The number of aliphatic carboxylic acids is 1. The second-order valence-corrected chi connectivity index (χ2v) is 6.70. The highest BCUT2D eigenvalue weighted by Gasteiger charge is 2.12. The van der Waals surface area contributed by atoms with E-state index in [1.54, 1.807) is 12.1 Å². The Labute approximate surface area is 166 Å². The average Bonchev–Trinajstić information content (AvgIpc) is 3.11. The molecule has 0 aliphatic carbocycles. The number of nitrogens with two attached hydrogens (primary N) is 1. The number of nitrogens with zero attached hydrogens (tertiary/aromatic N) is 3. The van der Waals surface area contributed by atoms with Crippen molar-refractivity contribution >= 4 is 22.7 Å². The van der Waals surface area contributed by atoms with Crippen molar-refractivity contribution in [2.24, 2.45) is 5.73 Å². The van der Waals surface area contributed by atoms with Crippen molar-refractivity contribution in [3.05, 3.63) is 78.0 Å². The van der Waals surface area contributed by atoms with Gasteiger partial charge in [0.15, 0.2) is 5.82 Å². The minimum Gasteiger partial charge on any atom is -0.481 e. The molecular weight excluding hydrogens is 366 g/mol. The number of carboxylic acid groups (broad SMARTS) is 1. The molecule has 0 saturated carbocycles. The maximum atomic E-state index is 11.0. The molecule has 4 aromatic rings. The monoisotopic (exact) mass is 385 g/mol. The second-order valence-electron chi connectivity index (χ2n) is 6.70. The lowest BCUT2D eigenvalue weighted by molar-refractivity contribution is -0.136. The number of aromatic nitrogens is 3. The van der Waals surface area contributed by atoms with Crippen LogP contribution in [0.25, 0.3) is 28.0 Å². The van der Waals surface area contributed by atoms with Crippen molar-refractivity contribution < 1.29 is 9.90 Å². The fraction of sp³-hybridized carbons (Fsp3) is 0.0909. The van der Waals surface area contributed by atoms with Crippen molar-refractivity contribution in [3.8, 4) is 17.1 Å². The summed E-state index contributed by atoms with van der Waals surface area (Å²) in [7, 11) is 0. The van der Waals surface area contributed by atoms with Gasteiger partial charge in [-0.05, 0) is 30.2 Å². The Morgan fingerprint density at radius 1 is 1.03 bits per heavy atom. The number of nitrogen functional groups attached to an aromatic ring is 1. The van der Waals surface area contributed by atoms with Crippen LogP contribution >= 0.6 is 0 Å². The Bertz CT molecular complexity index is 1190. The Morgan fingerprint density at radius 2 is 1.79 bits per heavy atom. The van der Waals surface area contributed by atoms with E-state index in [2.05, 4.69) is 10.2 Å². The van der Waals surface area contributed by atoms with Gasteiger partial charge in [-0.2, -0.15) is 0 Å². The van der Waals surface area contributed by atoms with E-state index < -0.39 is 5.97 Å². The third-order valence-corrected chi connectivity index (χ3v) is 4.79. The van der Waals surface area contributed by atoms with Crippen LogP contribution in [-0.4, -0.2) is 31.7 Å². The van der Waals surface area contributed by atoms with Gasteiger partial charge in [-0.25, -0.2) is 0 Å². The smallest absolute Gasteiger partial charge is 0.303 e. The van der Waals surface area contributed by atoms with E-state index in [9.17, 15) is 4.79 Å². The molecule has 0 fully saturated rings. The number of rotatable bonds is 6. The van der Waals surface area contributed by atoms with E-state index in [4.69, 9.17) is 16.2 Å². The van der Waals surface area contributed by atoms with Gasteiger partial charge in [0.25, 0.3) is 0 Å². The number of benzene rings is 2. The molecule has 0 aliphatic rings. The molecule has 2 aromatic heterocycles. The van der Waals surface area contributed by atoms with E-state index >= 15 is 0 Å². The summed E-state index contributed by atoms with van der Waals surface area (Å²) in [5.41, 5.74) is 9.67. The van der Waals surface area contributed by atoms with Crippen molar-refractivity contribution in [2.45, 2.75) is 12.8 Å². The van der Waals surface area contributed by atoms with Gasteiger partial charge in [0, 0.05) is 29.1 Å². The molecule has 29 heavy (non-hydrogen) atoms. The zero-order valence-electron chi connectivity index (χ0n) is 15.5. The van der Waals surface area contributed by atoms with Gasteiger partial charge in [0.05, 0.1) is 11.2 Å². The lowest BCUT2D eigenvalue weighted by Crippen LogP contribution is -2.10. The third kappa shape index (κ3) is 3.70. The molecule has 4 rings (SSSR count).